The number of carboxylic acids is 1. The van der Waals surface area contributed by atoms with Crippen molar-refractivity contribution in [1.29, 1.82) is 0 Å². The average Bonchev–Trinajstić information content (AvgIpc) is 2.48. The van der Waals surface area contributed by atoms with Gasteiger partial charge in [0.15, 0.2) is 0 Å². The van der Waals surface area contributed by atoms with Crippen molar-refractivity contribution in [2.24, 2.45) is 0 Å². The summed E-state index contributed by atoms with van der Waals surface area (Å²) in [6.07, 6.45) is 2.72. The van der Waals surface area contributed by atoms with E-state index in [0.717, 1.165) is 6.42 Å². The van der Waals surface area contributed by atoms with Crippen molar-refractivity contribution >= 4 is 23.5 Å². The van der Waals surface area contributed by atoms with Crippen LogP contribution in [-0.2, 0) is 20.8 Å². The van der Waals surface area contributed by atoms with Crippen molar-refractivity contribution in [2.75, 3.05) is 5.32 Å². The fraction of sp³-hybridized carbons (Fsp3) is 0.353. The molecule has 6 nitrogen and oxygen atoms in total. The van der Waals surface area contributed by atoms with Crippen LogP contribution < -0.4 is 10.6 Å². The molecule has 0 saturated heterocycles. The summed E-state index contributed by atoms with van der Waals surface area (Å²) < 4.78 is 0. The predicted octanol–water partition coefficient (Wildman–Crippen LogP) is 2.11. The van der Waals surface area contributed by atoms with Gasteiger partial charge in [-0.2, -0.15) is 0 Å². The lowest BCUT2D eigenvalue weighted by Crippen LogP contribution is -2.36. The van der Waals surface area contributed by atoms with Crippen molar-refractivity contribution in [1.82, 2.24) is 5.32 Å². The molecule has 0 saturated carbocycles. The highest BCUT2D eigenvalue weighted by Crippen LogP contribution is 2.11. The van der Waals surface area contributed by atoms with Crippen LogP contribution in [0.3, 0.4) is 0 Å². The second-order valence-corrected chi connectivity index (χ2v) is 5.18. The normalized spacial score (nSPS) is 11.3. The molecule has 0 bridgehead atoms. The third-order valence-electron chi connectivity index (χ3n) is 3.11. The number of nitrogens with one attached hydrogen (secondary N) is 2. The number of carbonyl (C=O) groups excluding carboxylic acids is 2. The lowest BCUT2D eigenvalue weighted by molar-refractivity contribution is -0.136. The molecule has 0 heterocycles. The van der Waals surface area contributed by atoms with E-state index in [1.54, 1.807) is 24.3 Å². The molecule has 1 unspecified atom stereocenters. The zero-order valence-corrected chi connectivity index (χ0v) is 13.2. The maximum absolute atomic E-state index is 12.0. The number of amides is 2. The van der Waals surface area contributed by atoms with Crippen LogP contribution in [-0.4, -0.2) is 28.9 Å². The van der Waals surface area contributed by atoms with Gasteiger partial charge in [-0.15, -0.1) is 6.58 Å². The van der Waals surface area contributed by atoms with Crippen LogP contribution in [0.1, 0.15) is 31.7 Å². The number of hydrogen-bond donors (Lipinski definition) is 3. The molecular formula is C17H22N2O4. The second kappa shape index (κ2) is 9.40. The van der Waals surface area contributed by atoms with Gasteiger partial charge in [-0.25, -0.2) is 0 Å². The standard InChI is InChI=1S/C17H22N2O4/c1-3-5-15(20)18-13(4-2)11-16(21)19-14-8-6-12(7-9-14)10-17(22)23/h4,6-9,13H,2-3,5,10-11H2,1H3,(H,18,20)(H,19,21)(H,22,23). The summed E-state index contributed by atoms with van der Waals surface area (Å²) in [5, 5.41) is 14.1. The van der Waals surface area contributed by atoms with Crippen LogP contribution in [0.4, 0.5) is 5.69 Å². The molecule has 0 radical (unpaired) electrons. The maximum atomic E-state index is 12.0. The number of hydrogen-bond acceptors (Lipinski definition) is 3. The summed E-state index contributed by atoms with van der Waals surface area (Å²) in [5.74, 6) is -1.26. The minimum absolute atomic E-state index is 0.0593. The van der Waals surface area contributed by atoms with E-state index in [1.165, 1.54) is 6.08 Å². The number of benzene rings is 1. The first-order valence-electron chi connectivity index (χ1n) is 7.47. The van der Waals surface area contributed by atoms with Gasteiger partial charge in [0.05, 0.1) is 18.9 Å². The predicted molar refractivity (Wildman–Crippen MR) is 88.1 cm³/mol. The molecule has 0 fully saturated rings. The van der Waals surface area contributed by atoms with E-state index in [0.29, 0.717) is 17.7 Å². The number of anilines is 1. The largest absolute Gasteiger partial charge is 0.481 e. The van der Waals surface area contributed by atoms with E-state index >= 15 is 0 Å². The minimum atomic E-state index is -0.904. The van der Waals surface area contributed by atoms with Gasteiger partial charge in [-0.3, -0.25) is 14.4 Å². The molecule has 0 aliphatic carbocycles. The number of carbonyl (C=O) groups is 3. The Balaban J connectivity index is 2.52. The van der Waals surface area contributed by atoms with Crippen LogP contribution in [0.2, 0.25) is 0 Å². The Hall–Kier alpha value is -2.63. The molecule has 6 heteroatoms. The van der Waals surface area contributed by atoms with Crippen molar-refractivity contribution in [3.63, 3.8) is 0 Å². The molecule has 0 aromatic heterocycles. The molecule has 1 rings (SSSR count). The molecule has 1 aromatic rings. The van der Waals surface area contributed by atoms with Gasteiger partial charge in [-0.1, -0.05) is 25.1 Å². The number of aliphatic carboxylic acids is 1. The zero-order valence-electron chi connectivity index (χ0n) is 13.2. The van der Waals surface area contributed by atoms with Crippen molar-refractivity contribution < 1.29 is 19.5 Å². The SMILES string of the molecule is C=CC(CC(=O)Nc1ccc(CC(=O)O)cc1)NC(=O)CCC. The fourth-order valence-corrected chi connectivity index (χ4v) is 1.99. The summed E-state index contributed by atoms with van der Waals surface area (Å²) in [5.41, 5.74) is 1.23. The maximum Gasteiger partial charge on any atom is 0.307 e. The van der Waals surface area contributed by atoms with Crippen LogP contribution in [0.15, 0.2) is 36.9 Å². The fourth-order valence-electron chi connectivity index (χ4n) is 1.99. The zero-order chi connectivity index (χ0) is 17.2. The van der Waals surface area contributed by atoms with E-state index in [-0.39, 0.29) is 24.7 Å². The van der Waals surface area contributed by atoms with Gasteiger partial charge in [0.1, 0.15) is 0 Å². The molecule has 1 aromatic carbocycles. The third kappa shape index (κ3) is 7.26. The van der Waals surface area contributed by atoms with Crippen molar-refractivity contribution in [3.05, 3.63) is 42.5 Å². The third-order valence-corrected chi connectivity index (χ3v) is 3.11. The van der Waals surface area contributed by atoms with Gasteiger partial charge < -0.3 is 15.7 Å². The monoisotopic (exact) mass is 318 g/mol. The number of rotatable bonds is 9. The Kier molecular flexibility index (Phi) is 7.53. The Morgan fingerprint density at radius 2 is 1.87 bits per heavy atom. The van der Waals surface area contributed by atoms with Crippen molar-refractivity contribution in [3.8, 4) is 0 Å². The first kappa shape index (κ1) is 18.4. The molecule has 0 aliphatic heterocycles. The molecule has 2 amide bonds. The van der Waals surface area contributed by atoms with Crippen LogP contribution >= 0.6 is 0 Å². The number of carboxylic acid groups (broad SMARTS) is 1. The molecule has 0 aliphatic rings. The summed E-state index contributed by atoms with van der Waals surface area (Å²) in [6.45, 7) is 5.53. The molecule has 1 atom stereocenters. The molecule has 124 valence electrons. The van der Waals surface area contributed by atoms with Crippen LogP contribution in [0.5, 0.6) is 0 Å². The highest BCUT2D eigenvalue weighted by Gasteiger charge is 2.13. The molecule has 23 heavy (non-hydrogen) atoms. The Labute approximate surface area is 135 Å². The van der Waals surface area contributed by atoms with Gasteiger partial charge in [0.25, 0.3) is 0 Å². The van der Waals surface area contributed by atoms with Gasteiger partial charge in [0.2, 0.25) is 11.8 Å². The highest BCUT2D eigenvalue weighted by molar-refractivity contribution is 5.91. The van der Waals surface area contributed by atoms with E-state index < -0.39 is 12.0 Å². The quantitative estimate of drug-likeness (QED) is 0.608. The Morgan fingerprint density at radius 1 is 1.22 bits per heavy atom. The van der Waals surface area contributed by atoms with Crippen molar-refractivity contribution in [2.45, 2.75) is 38.6 Å². The molecule has 3 N–H and O–H groups in total. The average molecular weight is 318 g/mol. The first-order valence-corrected chi connectivity index (χ1v) is 7.47. The highest BCUT2D eigenvalue weighted by atomic mass is 16.4. The minimum Gasteiger partial charge on any atom is -0.481 e. The van der Waals surface area contributed by atoms with Gasteiger partial charge in [-0.05, 0) is 24.1 Å². The van der Waals surface area contributed by atoms with E-state index in [2.05, 4.69) is 17.2 Å². The van der Waals surface area contributed by atoms with E-state index in [4.69, 9.17) is 5.11 Å². The van der Waals surface area contributed by atoms with E-state index in [1.807, 2.05) is 6.92 Å². The molecular weight excluding hydrogens is 296 g/mol. The Morgan fingerprint density at radius 3 is 2.39 bits per heavy atom. The van der Waals surface area contributed by atoms with E-state index in [9.17, 15) is 14.4 Å². The second-order valence-electron chi connectivity index (χ2n) is 5.18. The summed E-state index contributed by atoms with van der Waals surface area (Å²) in [7, 11) is 0. The van der Waals surface area contributed by atoms with Crippen LogP contribution in [0.25, 0.3) is 0 Å². The van der Waals surface area contributed by atoms with Gasteiger partial charge >= 0.3 is 5.97 Å². The smallest absolute Gasteiger partial charge is 0.307 e. The lowest BCUT2D eigenvalue weighted by atomic mass is 10.1. The first-order chi connectivity index (χ1) is 10.9. The summed E-state index contributed by atoms with van der Waals surface area (Å²) in [4.78, 5) is 34.1. The summed E-state index contributed by atoms with van der Waals surface area (Å²) >= 11 is 0. The van der Waals surface area contributed by atoms with Crippen LogP contribution in [0, 0.1) is 0 Å². The molecule has 0 spiro atoms. The van der Waals surface area contributed by atoms with Gasteiger partial charge in [0, 0.05) is 12.1 Å². The Bertz CT molecular complexity index is 566. The lowest BCUT2D eigenvalue weighted by Gasteiger charge is -2.14. The topological polar surface area (TPSA) is 95.5 Å². The summed E-state index contributed by atoms with van der Waals surface area (Å²) in [6, 6.07) is 6.18.